The molecule has 0 fully saturated rings. The first-order chi connectivity index (χ1) is 9.26. The minimum Gasteiger partial charge on any atom is -0.357 e. The highest BCUT2D eigenvalue weighted by Crippen LogP contribution is 2.12. The number of hydrogen-bond acceptors (Lipinski definition) is 6. The molecule has 96 valence electrons. The third-order valence-corrected chi connectivity index (χ3v) is 2.71. The van der Waals surface area contributed by atoms with Gasteiger partial charge in [-0.1, -0.05) is 0 Å². The average Bonchev–Trinajstić information content (AvgIpc) is 3.09. The van der Waals surface area contributed by atoms with Crippen molar-refractivity contribution in [3.05, 3.63) is 35.3 Å². The second-order valence-electron chi connectivity index (χ2n) is 3.56. The maximum Gasteiger partial charge on any atom is 0.257 e. The molecule has 0 unspecified atom stereocenters. The molecule has 0 aliphatic heterocycles. The lowest BCUT2D eigenvalue weighted by Gasteiger charge is -2.06. The number of aromatic nitrogens is 7. The standard InChI is InChI=1S/C10H9BrN8/c1-12-8-15-9(18-4-2-3-13-18)17-10(16-8)19-6-7(11)5-14-19/h2-6H,1H3,(H,12,15,16,17). The van der Waals surface area contributed by atoms with E-state index in [0.717, 1.165) is 4.47 Å². The van der Waals surface area contributed by atoms with Gasteiger partial charge in [0.1, 0.15) is 0 Å². The van der Waals surface area contributed by atoms with Crippen molar-refractivity contribution in [2.45, 2.75) is 0 Å². The van der Waals surface area contributed by atoms with Crippen molar-refractivity contribution >= 4 is 21.9 Å². The van der Waals surface area contributed by atoms with E-state index in [0.29, 0.717) is 17.8 Å². The molecule has 0 spiro atoms. The maximum atomic E-state index is 4.33. The number of nitrogens with zero attached hydrogens (tertiary/aromatic N) is 7. The molecule has 0 amide bonds. The van der Waals surface area contributed by atoms with E-state index in [1.54, 1.807) is 47.3 Å². The highest BCUT2D eigenvalue weighted by molar-refractivity contribution is 9.10. The van der Waals surface area contributed by atoms with E-state index in [9.17, 15) is 0 Å². The van der Waals surface area contributed by atoms with Crippen LogP contribution in [-0.4, -0.2) is 41.6 Å². The van der Waals surface area contributed by atoms with E-state index < -0.39 is 0 Å². The molecule has 0 aliphatic carbocycles. The zero-order valence-electron chi connectivity index (χ0n) is 9.90. The fraction of sp³-hybridized carbons (Fsp3) is 0.100. The van der Waals surface area contributed by atoms with Crippen molar-refractivity contribution in [3.8, 4) is 11.9 Å². The van der Waals surface area contributed by atoms with Crippen LogP contribution in [0.4, 0.5) is 5.95 Å². The summed E-state index contributed by atoms with van der Waals surface area (Å²) >= 11 is 3.33. The van der Waals surface area contributed by atoms with Gasteiger partial charge in [-0.05, 0) is 22.0 Å². The van der Waals surface area contributed by atoms with Crippen LogP contribution < -0.4 is 5.32 Å². The molecule has 19 heavy (non-hydrogen) atoms. The Kier molecular flexibility index (Phi) is 2.95. The molecule has 0 atom stereocenters. The average molecular weight is 321 g/mol. The van der Waals surface area contributed by atoms with Crippen molar-refractivity contribution in [1.29, 1.82) is 0 Å². The van der Waals surface area contributed by atoms with Gasteiger partial charge in [0.15, 0.2) is 0 Å². The molecule has 8 nitrogen and oxygen atoms in total. The largest absolute Gasteiger partial charge is 0.357 e. The monoisotopic (exact) mass is 320 g/mol. The summed E-state index contributed by atoms with van der Waals surface area (Å²) in [5.74, 6) is 1.28. The van der Waals surface area contributed by atoms with Gasteiger partial charge in [0, 0.05) is 25.6 Å². The SMILES string of the molecule is CNc1nc(-n2cccn2)nc(-n2cc(Br)cn2)n1. The maximum absolute atomic E-state index is 4.33. The molecule has 1 N–H and O–H groups in total. The minimum absolute atomic E-state index is 0.413. The van der Waals surface area contributed by atoms with Crippen LogP contribution in [0.15, 0.2) is 35.3 Å². The zero-order valence-corrected chi connectivity index (χ0v) is 11.5. The molecule has 0 bridgehead atoms. The van der Waals surface area contributed by atoms with Crippen LogP contribution >= 0.6 is 15.9 Å². The number of rotatable bonds is 3. The number of nitrogens with one attached hydrogen (secondary N) is 1. The van der Waals surface area contributed by atoms with Crippen LogP contribution in [0.5, 0.6) is 0 Å². The smallest absolute Gasteiger partial charge is 0.257 e. The topological polar surface area (TPSA) is 86.3 Å². The van der Waals surface area contributed by atoms with Crippen LogP contribution in [0.25, 0.3) is 11.9 Å². The van der Waals surface area contributed by atoms with Gasteiger partial charge < -0.3 is 5.32 Å². The van der Waals surface area contributed by atoms with Gasteiger partial charge in [0.25, 0.3) is 11.9 Å². The van der Waals surface area contributed by atoms with Crippen LogP contribution in [0, 0.1) is 0 Å². The third-order valence-electron chi connectivity index (χ3n) is 2.30. The van der Waals surface area contributed by atoms with Gasteiger partial charge in [0.2, 0.25) is 5.95 Å². The molecule has 3 aromatic rings. The fourth-order valence-electron chi connectivity index (χ4n) is 1.47. The lowest BCUT2D eigenvalue weighted by atomic mass is 10.7. The number of halogens is 1. The molecule has 0 radical (unpaired) electrons. The summed E-state index contributed by atoms with van der Waals surface area (Å²) in [5, 5.41) is 11.1. The Balaban J connectivity index is 2.12. The number of anilines is 1. The summed E-state index contributed by atoms with van der Waals surface area (Å²) < 4.78 is 3.96. The molecular formula is C10H9BrN8. The highest BCUT2D eigenvalue weighted by atomic mass is 79.9. The van der Waals surface area contributed by atoms with Crippen molar-refractivity contribution in [2.24, 2.45) is 0 Å². The van der Waals surface area contributed by atoms with Crippen molar-refractivity contribution in [3.63, 3.8) is 0 Å². The van der Waals surface area contributed by atoms with Crippen molar-refractivity contribution < 1.29 is 0 Å². The second kappa shape index (κ2) is 4.76. The molecule has 0 saturated heterocycles. The van der Waals surface area contributed by atoms with E-state index in [4.69, 9.17) is 0 Å². The summed E-state index contributed by atoms with van der Waals surface area (Å²) in [4.78, 5) is 12.8. The molecule has 3 rings (SSSR count). The van der Waals surface area contributed by atoms with Gasteiger partial charge in [-0.15, -0.1) is 0 Å². The Labute approximate surface area is 116 Å². The van der Waals surface area contributed by atoms with E-state index in [-0.39, 0.29) is 0 Å². The van der Waals surface area contributed by atoms with Gasteiger partial charge in [0.05, 0.1) is 10.7 Å². The lowest BCUT2D eigenvalue weighted by molar-refractivity contribution is 0.747. The van der Waals surface area contributed by atoms with Crippen molar-refractivity contribution in [1.82, 2.24) is 34.5 Å². The summed E-state index contributed by atoms with van der Waals surface area (Å²) in [6, 6.07) is 1.80. The van der Waals surface area contributed by atoms with Gasteiger partial charge >= 0.3 is 0 Å². The van der Waals surface area contributed by atoms with Gasteiger partial charge in [-0.2, -0.15) is 25.1 Å². The first-order valence-corrected chi connectivity index (χ1v) is 6.20. The van der Waals surface area contributed by atoms with Crippen LogP contribution in [0.3, 0.4) is 0 Å². The Morgan fingerprint density at radius 3 is 2.47 bits per heavy atom. The molecule has 9 heteroatoms. The zero-order chi connectivity index (χ0) is 13.2. The van der Waals surface area contributed by atoms with Crippen LogP contribution in [0.1, 0.15) is 0 Å². The predicted octanol–water partition coefficient (Wildman–Crippen LogP) is 1.05. The van der Waals surface area contributed by atoms with Gasteiger partial charge in [-0.3, -0.25) is 0 Å². The fourth-order valence-corrected chi connectivity index (χ4v) is 1.75. The van der Waals surface area contributed by atoms with E-state index in [2.05, 4.69) is 46.4 Å². The third kappa shape index (κ3) is 2.32. The number of hydrogen-bond donors (Lipinski definition) is 1. The van der Waals surface area contributed by atoms with Gasteiger partial charge in [-0.25, -0.2) is 9.36 Å². The normalized spacial score (nSPS) is 10.6. The minimum atomic E-state index is 0.413. The first kappa shape index (κ1) is 11.8. The lowest BCUT2D eigenvalue weighted by Crippen LogP contribution is -2.11. The van der Waals surface area contributed by atoms with Crippen LogP contribution in [0.2, 0.25) is 0 Å². The van der Waals surface area contributed by atoms with Crippen LogP contribution in [-0.2, 0) is 0 Å². The summed E-state index contributed by atoms with van der Waals surface area (Å²) in [5.41, 5.74) is 0. The molecule has 3 aromatic heterocycles. The van der Waals surface area contributed by atoms with E-state index >= 15 is 0 Å². The Hall–Kier alpha value is -2.29. The summed E-state index contributed by atoms with van der Waals surface area (Å²) in [6.45, 7) is 0. The molecule has 0 aliphatic rings. The summed E-state index contributed by atoms with van der Waals surface area (Å²) in [7, 11) is 1.74. The summed E-state index contributed by atoms with van der Waals surface area (Å²) in [6.07, 6.45) is 6.85. The Morgan fingerprint density at radius 1 is 1.11 bits per heavy atom. The molecule has 0 aromatic carbocycles. The molecule has 0 saturated carbocycles. The van der Waals surface area contributed by atoms with Crippen molar-refractivity contribution in [2.75, 3.05) is 12.4 Å². The van der Waals surface area contributed by atoms with E-state index in [1.807, 2.05) is 0 Å². The Morgan fingerprint density at radius 2 is 1.89 bits per heavy atom. The highest BCUT2D eigenvalue weighted by Gasteiger charge is 2.10. The predicted molar refractivity (Wildman–Crippen MR) is 71.3 cm³/mol. The quantitative estimate of drug-likeness (QED) is 0.776. The first-order valence-electron chi connectivity index (χ1n) is 5.40. The molecular weight excluding hydrogens is 312 g/mol. The Bertz CT molecular complexity index is 689. The van der Waals surface area contributed by atoms with E-state index in [1.165, 1.54) is 0 Å². The molecule has 3 heterocycles. The second-order valence-corrected chi connectivity index (χ2v) is 4.48.